The monoisotopic (exact) mass is 326 g/mol. The van der Waals surface area contributed by atoms with Crippen LogP contribution in [0.3, 0.4) is 0 Å². The molecule has 1 aromatic carbocycles. The molecule has 0 aliphatic rings. The van der Waals surface area contributed by atoms with Crippen LogP contribution in [0.15, 0.2) is 46.4 Å². The van der Waals surface area contributed by atoms with Crippen LogP contribution in [0.25, 0.3) is 17.4 Å². The molecular weight excluding hydrogens is 316 g/mol. The van der Waals surface area contributed by atoms with Crippen molar-refractivity contribution in [1.29, 1.82) is 5.26 Å². The number of carbonyl (C=O) groups excluding carboxylic acids is 2. The van der Waals surface area contributed by atoms with E-state index in [-0.39, 0.29) is 17.0 Å². The number of imide groups is 1. The summed E-state index contributed by atoms with van der Waals surface area (Å²) in [6.45, 7) is 0. The summed E-state index contributed by atoms with van der Waals surface area (Å²) in [5.74, 6) is -0.360. The lowest BCUT2D eigenvalue weighted by Crippen LogP contribution is -2.35. The number of primary amides is 1. The number of nitrogens with zero attached hydrogens (tertiary/aromatic N) is 2. The van der Waals surface area contributed by atoms with Crippen LogP contribution in [0.1, 0.15) is 5.76 Å². The smallest absolute Gasteiger partial charge is 0.319 e. The second-order valence-corrected chi connectivity index (χ2v) is 4.49. The number of nitro benzene ring substituents is 1. The van der Waals surface area contributed by atoms with Crippen molar-refractivity contribution in [3.8, 4) is 17.4 Å². The van der Waals surface area contributed by atoms with Crippen LogP contribution in [0, 0.1) is 21.4 Å². The quantitative estimate of drug-likeness (QED) is 0.379. The number of hydrogen-bond donors (Lipinski definition) is 2. The molecule has 0 bridgehead atoms. The highest BCUT2D eigenvalue weighted by Gasteiger charge is 2.13. The topological polar surface area (TPSA) is 152 Å². The lowest BCUT2D eigenvalue weighted by atomic mass is 10.1. The molecule has 120 valence electrons. The summed E-state index contributed by atoms with van der Waals surface area (Å²) in [6, 6.07) is 9.31. The van der Waals surface area contributed by atoms with Crippen molar-refractivity contribution in [2.24, 2.45) is 5.73 Å². The van der Waals surface area contributed by atoms with Crippen molar-refractivity contribution in [1.82, 2.24) is 5.32 Å². The molecule has 0 aliphatic carbocycles. The maximum absolute atomic E-state index is 11.6. The molecule has 0 unspecified atom stereocenters. The van der Waals surface area contributed by atoms with Gasteiger partial charge in [0.05, 0.1) is 4.92 Å². The van der Waals surface area contributed by atoms with Crippen molar-refractivity contribution in [2.45, 2.75) is 0 Å². The molecule has 3 amide bonds. The van der Waals surface area contributed by atoms with Gasteiger partial charge in [-0.3, -0.25) is 20.2 Å². The Hall–Kier alpha value is -3.93. The summed E-state index contributed by atoms with van der Waals surface area (Å²) in [7, 11) is 0. The van der Waals surface area contributed by atoms with Gasteiger partial charge in [0.2, 0.25) is 0 Å². The van der Waals surface area contributed by atoms with Crippen molar-refractivity contribution in [3.05, 3.63) is 57.8 Å². The highest BCUT2D eigenvalue weighted by molar-refractivity contribution is 6.08. The Morgan fingerprint density at radius 1 is 1.25 bits per heavy atom. The van der Waals surface area contributed by atoms with Gasteiger partial charge in [-0.1, -0.05) is 0 Å². The zero-order valence-corrected chi connectivity index (χ0v) is 12.1. The van der Waals surface area contributed by atoms with E-state index in [1.165, 1.54) is 30.3 Å². The van der Waals surface area contributed by atoms with Gasteiger partial charge in [-0.05, 0) is 24.3 Å². The zero-order chi connectivity index (χ0) is 17.7. The van der Waals surface area contributed by atoms with Gasteiger partial charge in [0.1, 0.15) is 23.2 Å². The van der Waals surface area contributed by atoms with Gasteiger partial charge < -0.3 is 10.2 Å². The predicted octanol–water partition coefficient (Wildman–Crippen LogP) is 1.96. The highest BCUT2D eigenvalue weighted by atomic mass is 16.6. The Labute approximate surface area is 135 Å². The molecule has 0 aliphatic heterocycles. The van der Waals surface area contributed by atoms with Crippen LogP contribution < -0.4 is 11.1 Å². The SMILES string of the molecule is N#C/C(=C\c1ccc(-c2ccc([N+](=O)[O-])cc2)o1)C(=O)NC(N)=O. The summed E-state index contributed by atoms with van der Waals surface area (Å²) < 4.78 is 5.46. The van der Waals surface area contributed by atoms with Gasteiger partial charge in [-0.25, -0.2) is 4.79 Å². The van der Waals surface area contributed by atoms with E-state index in [9.17, 15) is 19.7 Å². The maximum atomic E-state index is 11.6. The van der Waals surface area contributed by atoms with Crippen LogP contribution in [0.4, 0.5) is 10.5 Å². The van der Waals surface area contributed by atoms with Gasteiger partial charge in [-0.2, -0.15) is 5.26 Å². The van der Waals surface area contributed by atoms with E-state index in [0.717, 1.165) is 6.08 Å². The zero-order valence-electron chi connectivity index (χ0n) is 12.1. The van der Waals surface area contributed by atoms with Gasteiger partial charge in [0, 0.05) is 23.8 Å². The van der Waals surface area contributed by atoms with E-state index in [4.69, 9.17) is 15.4 Å². The molecule has 1 aromatic heterocycles. The molecule has 9 nitrogen and oxygen atoms in total. The molecule has 0 radical (unpaired) electrons. The van der Waals surface area contributed by atoms with Crippen molar-refractivity contribution >= 4 is 23.7 Å². The minimum Gasteiger partial charge on any atom is -0.457 e. The Balaban J connectivity index is 2.25. The number of nitrogens with two attached hydrogens (primary N) is 1. The number of urea groups is 1. The fourth-order valence-corrected chi connectivity index (χ4v) is 1.80. The van der Waals surface area contributed by atoms with Crippen molar-refractivity contribution in [2.75, 3.05) is 0 Å². The lowest BCUT2D eigenvalue weighted by Gasteiger charge is -1.98. The molecular formula is C15H10N4O5. The number of benzene rings is 1. The van der Waals surface area contributed by atoms with E-state index in [1.807, 2.05) is 0 Å². The molecule has 0 saturated heterocycles. The first-order valence-corrected chi connectivity index (χ1v) is 6.48. The molecule has 0 fully saturated rings. The summed E-state index contributed by atoms with van der Waals surface area (Å²) >= 11 is 0. The number of hydrogen-bond acceptors (Lipinski definition) is 6. The van der Waals surface area contributed by atoms with Crippen LogP contribution in [0.2, 0.25) is 0 Å². The maximum Gasteiger partial charge on any atom is 0.319 e. The van der Waals surface area contributed by atoms with E-state index in [2.05, 4.69) is 0 Å². The number of rotatable bonds is 4. The van der Waals surface area contributed by atoms with Gasteiger partial charge >= 0.3 is 6.03 Å². The minimum absolute atomic E-state index is 0.0553. The lowest BCUT2D eigenvalue weighted by molar-refractivity contribution is -0.384. The predicted molar refractivity (Wildman–Crippen MR) is 82.1 cm³/mol. The average molecular weight is 326 g/mol. The number of carbonyl (C=O) groups is 2. The van der Waals surface area contributed by atoms with Crippen LogP contribution >= 0.6 is 0 Å². The Kier molecular flexibility index (Phi) is 4.72. The summed E-state index contributed by atoms with van der Waals surface area (Å²) in [4.78, 5) is 32.3. The fourth-order valence-electron chi connectivity index (χ4n) is 1.80. The number of non-ortho nitro benzene ring substituents is 1. The number of furan rings is 1. The van der Waals surface area contributed by atoms with E-state index < -0.39 is 16.9 Å². The molecule has 9 heteroatoms. The Morgan fingerprint density at radius 2 is 1.92 bits per heavy atom. The van der Waals surface area contributed by atoms with Gasteiger partial charge in [-0.15, -0.1) is 0 Å². The molecule has 0 spiro atoms. The molecule has 1 heterocycles. The summed E-state index contributed by atoms with van der Waals surface area (Å²) in [5, 5.41) is 21.3. The van der Waals surface area contributed by atoms with Gasteiger partial charge in [0.25, 0.3) is 11.6 Å². The second kappa shape index (κ2) is 6.89. The minimum atomic E-state index is -1.08. The first kappa shape index (κ1) is 16.4. The van der Waals surface area contributed by atoms with Crippen LogP contribution in [0.5, 0.6) is 0 Å². The summed E-state index contributed by atoms with van der Waals surface area (Å²) in [5.41, 5.74) is 4.98. The van der Waals surface area contributed by atoms with Crippen LogP contribution in [-0.2, 0) is 4.79 Å². The third kappa shape index (κ3) is 3.83. The average Bonchev–Trinajstić information content (AvgIpc) is 3.00. The molecule has 3 N–H and O–H groups in total. The van der Waals surface area contributed by atoms with Crippen molar-refractivity contribution < 1.29 is 18.9 Å². The van der Waals surface area contributed by atoms with Gasteiger partial charge in [0.15, 0.2) is 0 Å². The molecule has 0 saturated carbocycles. The van der Waals surface area contributed by atoms with E-state index >= 15 is 0 Å². The summed E-state index contributed by atoms with van der Waals surface area (Å²) in [6.07, 6.45) is 1.15. The molecule has 0 atom stereocenters. The first-order valence-electron chi connectivity index (χ1n) is 6.48. The fraction of sp³-hybridized carbons (Fsp3) is 0. The third-order valence-electron chi connectivity index (χ3n) is 2.88. The van der Waals surface area contributed by atoms with E-state index in [0.29, 0.717) is 11.3 Å². The molecule has 2 rings (SSSR count). The molecule has 2 aromatic rings. The standard InChI is InChI=1S/C15H10N4O5/c16-8-10(14(20)18-15(17)21)7-12-5-6-13(24-12)9-1-3-11(4-2-9)19(22)23/h1-7H,(H3,17,18,20,21)/b10-7+. The van der Waals surface area contributed by atoms with Crippen LogP contribution in [-0.4, -0.2) is 16.9 Å². The second-order valence-electron chi connectivity index (χ2n) is 4.49. The number of nitrogens with one attached hydrogen (secondary N) is 1. The highest BCUT2D eigenvalue weighted by Crippen LogP contribution is 2.25. The number of amides is 3. The number of nitro groups is 1. The number of nitriles is 1. The Morgan fingerprint density at radius 3 is 2.46 bits per heavy atom. The van der Waals surface area contributed by atoms with E-state index in [1.54, 1.807) is 17.5 Å². The normalized spacial score (nSPS) is 10.7. The third-order valence-corrected chi connectivity index (χ3v) is 2.88. The largest absolute Gasteiger partial charge is 0.457 e. The van der Waals surface area contributed by atoms with Crippen molar-refractivity contribution in [3.63, 3.8) is 0 Å². The first-order chi connectivity index (χ1) is 11.4. The Bertz CT molecular complexity index is 874. The molecule has 24 heavy (non-hydrogen) atoms.